The van der Waals surface area contributed by atoms with E-state index in [0.717, 1.165) is 32.1 Å². The maximum atomic E-state index is 12.8. The zero-order valence-corrected chi connectivity index (χ0v) is 19.1. The highest BCUT2D eigenvalue weighted by molar-refractivity contribution is 5.54. The normalized spacial score (nSPS) is 12.2. The van der Waals surface area contributed by atoms with Gasteiger partial charge < -0.3 is 9.80 Å². The number of anilines is 2. The topological polar surface area (TPSA) is 6.48 Å². The van der Waals surface area contributed by atoms with Gasteiger partial charge in [-0.15, -0.1) is 0 Å². The van der Waals surface area contributed by atoms with Gasteiger partial charge in [0.2, 0.25) is 0 Å². The highest BCUT2D eigenvalue weighted by atomic mass is 19.4. The second-order valence-corrected chi connectivity index (χ2v) is 8.47. The summed E-state index contributed by atoms with van der Waals surface area (Å²) in [4.78, 5) is 2.27. The van der Waals surface area contributed by atoms with Crippen LogP contribution < -0.4 is 9.80 Å². The van der Waals surface area contributed by atoms with Crippen molar-refractivity contribution in [2.24, 2.45) is 0 Å². The number of alkyl halides is 6. The Bertz CT molecular complexity index is 1010. The molecule has 0 atom stereocenters. The van der Waals surface area contributed by atoms with Crippen molar-refractivity contribution < 1.29 is 26.3 Å². The Hall–Kier alpha value is -3.16. The Morgan fingerprint density at radius 1 is 0.618 bits per heavy atom. The molecule has 0 heterocycles. The van der Waals surface area contributed by atoms with E-state index in [0.29, 0.717) is 11.4 Å². The quantitative estimate of drug-likeness (QED) is 0.261. The average molecular weight is 480 g/mol. The minimum atomic E-state index is -4.31. The number of aryl methyl sites for hydroxylation is 1. The Morgan fingerprint density at radius 3 is 1.38 bits per heavy atom. The average Bonchev–Trinajstić information content (AvgIpc) is 2.72. The van der Waals surface area contributed by atoms with E-state index < -0.39 is 25.4 Å². The van der Waals surface area contributed by atoms with Crippen molar-refractivity contribution in [1.82, 2.24) is 0 Å². The van der Waals surface area contributed by atoms with Gasteiger partial charge in [0.1, 0.15) is 13.1 Å². The summed E-state index contributed by atoms with van der Waals surface area (Å²) >= 11 is 0. The summed E-state index contributed by atoms with van der Waals surface area (Å²) in [5, 5.41) is 0. The van der Waals surface area contributed by atoms with E-state index in [4.69, 9.17) is 0 Å². The molecule has 0 unspecified atom stereocenters. The Kier molecular flexibility index (Phi) is 7.48. The Balaban J connectivity index is 1.94. The van der Waals surface area contributed by atoms with Crippen molar-refractivity contribution in [3.8, 4) is 0 Å². The molecule has 0 aliphatic heterocycles. The number of benzene rings is 3. The molecule has 3 rings (SSSR count). The van der Waals surface area contributed by atoms with Gasteiger partial charge in [-0.3, -0.25) is 0 Å². The van der Waals surface area contributed by atoms with Gasteiger partial charge in [0, 0.05) is 31.4 Å². The molecular weight excluding hydrogens is 454 g/mol. The lowest BCUT2D eigenvalue weighted by atomic mass is 9.84. The van der Waals surface area contributed by atoms with E-state index >= 15 is 0 Å². The standard InChI is InChI=1S/C26H26F6N2/c1-18-5-4-6-21(15-18)24(19-7-11-22(12-8-19)33(2)16-25(27,28)29)20-9-13-23(14-10-20)34(3)17-26(30,31)32/h4-15,24H,16-17H2,1-3H3. The van der Waals surface area contributed by atoms with Crippen LogP contribution in [0.4, 0.5) is 37.7 Å². The minimum Gasteiger partial charge on any atom is -0.366 e. The lowest BCUT2D eigenvalue weighted by Crippen LogP contribution is -2.30. The molecule has 0 radical (unpaired) electrons. The maximum absolute atomic E-state index is 12.8. The molecule has 0 aliphatic carbocycles. The second kappa shape index (κ2) is 9.99. The predicted octanol–water partition coefficient (Wildman–Crippen LogP) is 7.17. The predicted molar refractivity (Wildman–Crippen MR) is 124 cm³/mol. The van der Waals surface area contributed by atoms with Gasteiger partial charge in [-0.1, -0.05) is 54.1 Å². The van der Waals surface area contributed by atoms with Crippen molar-refractivity contribution in [2.45, 2.75) is 25.2 Å². The van der Waals surface area contributed by atoms with Gasteiger partial charge in [-0.05, 0) is 47.9 Å². The largest absolute Gasteiger partial charge is 0.405 e. The van der Waals surface area contributed by atoms with Gasteiger partial charge in [0.25, 0.3) is 0 Å². The zero-order chi connectivity index (χ0) is 25.1. The lowest BCUT2D eigenvalue weighted by molar-refractivity contribution is -0.120. The second-order valence-electron chi connectivity index (χ2n) is 8.47. The zero-order valence-electron chi connectivity index (χ0n) is 19.1. The van der Waals surface area contributed by atoms with E-state index in [2.05, 4.69) is 0 Å². The number of hydrogen-bond donors (Lipinski definition) is 0. The molecule has 8 heteroatoms. The molecule has 0 aromatic heterocycles. The van der Waals surface area contributed by atoms with Crippen LogP contribution in [0.3, 0.4) is 0 Å². The van der Waals surface area contributed by atoms with Crippen LogP contribution in [0.25, 0.3) is 0 Å². The summed E-state index contributed by atoms with van der Waals surface area (Å²) in [6.07, 6.45) is -8.61. The molecule has 2 nitrogen and oxygen atoms in total. The van der Waals surface area contributed by atoms with Crippen LogP contribution >= 0.6 is 0 Å². The molecule has 0 bridgehead atoms. The summed E-state index contributed by atoms with van der Waals surface area (Å²) in [6, 6.07) is 21.6. The molecule has 0 fully saturated rings. The van der Waals surface area contributed by atoms with Crippen LogP contribution in [0.15, 0.2) is 72.8 Å². The van der Waals surface area contributed by atoms with Crippen molar-refractivity contribution in [3.05, 3.63) is 95.1 Å². The molecule has 0 spiro atoms. The molecule has 0 amide bonds. The van der Waals surface area contributed by atoms with Gasteiger partial charge >= 0.3 is 12.4 Å². The Morgan fingerprint density at radius 2 is 1.03 bits per heavy atom. The van der Waals surface area contributed by atoms with E-state index in [9.17, 15) is 26.3 Å². The van der Waals surface area contributed by atoms with Gasteiger partial charge in [0.15, 0.2) is 0 Å². The molecule has 0 N–H and O–H groups in total. The fourth-order valence-electron chi connectivity index (χ4n) is 3.99. The SMILES string of the molecule is Cc1cccc(C(c2ccc(N(C)CC(F)(F)F)cc2)c2ccc(N(C)CC(F)(F)F)cc2)c1. The van der Waals surface area contributed by atoms with E-state index in [1.165, 1.54) is 14.1 Å². The lowest BCUT2D eigenvalue weighted by Gasteiger charge is -2.24. The number of nitrogens with zero attached hydrogens (tertiary/aromatic N) is 2. The molecule has 0 saturated heterocycles. The van der Waals surface area contributed by atoms with Crippen molar-refractivity contribution in [2.75, 3.05) is 37.0 Å². The fraction of sp³-hybridized carbons (Fsp3) is 0.308. The molecule has 0 aliphatic rings. The minimum absolute atomic E-state index is 0.233. The summed E-state index contributed by atoms with van der Waals surface area (Å²) in [5.74, 6) is -0.233. The third-order valence-corrected chi connectivity index (χ3v) is 5.54. The van der Waals surface area contributed by atoms with Crippen LogP contribution in [0.5, 0.6) is 0 Å². The summed E-state index contributed by atoms with van der Waals surface area (Å²) < 4.78 is 76.5. The van der Waals surface area contributed by atoms with Gasteiger partial charge in [-0.25, -0.2) is 0 Å². The first-order valence-corrected chi connectivity index (χ1v) is 10.6. The molecule has 3 aromatic carbocycles. The van der Waals surface area contributed by atoms with Gasteiger partial charge in [0.05, 0.1) is 0 Å². The highest BCUT2D eigenvalue weighted by Gasteiger charge is 2.30. The Labute approximate surface area is 195 Å². The van der Waals surface area contributed by atoms with Crippen LogP contribution in [0.2, 0.25) is 0 Å². The van der Waals surface area contributed by atoms with Crippen molar-refractivity contribution >= 4 is 11.4 Å². The van der Waals surface area contributed by atoms with Crippen molar-refractivity contribution in [1.29, 1.82) is 0 Å². The van der Waals surface area contributed by atoms with Gasteiger partial charge in [-0.2, -0.15) is 26.3 Å². The molecule has 182 valence electrons. The highest BCUT2D eigenvalue weighted by Crippen LogP contribution is 2.35. The first kappa shape index (κ1) is 25.5. The van der Waals surface area contributed by atoms with Crippen LogP contribution in [0.1, 0.15) is 28.2 Å². The maximum Gasteiger partial charge on any atom is 0.405 e. The first-order chi connectivity index (χ1) is 15.8. The molecule has 34 heavy (non-hydrogen) atoms. The molecular formula is C26H26F6N2. The van der Waals surface area contributed by atoms with E-state index in [-0.39, 0.29) is 5.92 Å². The fourth-order valence-corrected chi connectivity index (χ4v) is 3.99. The van der Waals surface area contributed by atoms with E-state index in [1.807, 2.05) is 31.2 Å². The van der Waals surface area contributed by atoms with Crippen LogP contribution in [-0.4, -0.2) is 39.5 Å². The first-order valence-electron chi connectivity index (χ1n) is 10.6. The number of halogens is 6. The number of hydrogen-bond acceptors (Lipinski definition) is 2. The summed E-state index contributed by atoms with van der Waals surface area (Å²) in [7, 11) is 2.77. The summed E-state index contributed by atoms with van der Waals surface area (Å²) in [6.45, 7) is -0.147. The third kappa shape index (κ3) is 6.92. The van der Waals surface area contributed by atoms with Crippen LogP contribution in [0, 0.1) is 6.92 Å². The molecule has 3 aromatic rings. The summed E-state index contributed by atoms with van der Waals surface area (Å²) in [5.41, 5.74) is 4.64. The smallest absolute Gasteiger partial charge is 0.366 e. The monoisotopic (exact) mass is 480 g/mol. The number of rotatable bonds is 7. The third-order valence-electron chi connectivity index (χ3n) is 5.54. The van der Waals surface area contributed by atoms with Crippen molar-refractivity contribution in [3.63, 3.8) is 0 Å². The van der Waals surface area contributed by atoms with E-state index in [1.54, 1.807) is 48.5 Å². The molecule has 0 saturated carbocycles. The van der Waals surface area contributed by atoms with Crippen LogP contribution in [-0.2, 0) is 0 Å².